The highest BCUT2D eigenvalue weighted by molar-refractivity contribution is 5.67. The molecular weight excluding hydrogens is 230 g/mol. The Bertz CT molecular complexity index is 550. The topological polar surface area (TPSA) is 3.24 Å². The fraction of sp³-hybridized carbons (Fsp3) is 0.333. The van der Waals surface area contributed by atoms with Gasteiger partial charge in [-0.1, -0.05) is 44.2 Å². The monoisotopic (exact) mass is 253 g/mol. The van der Waals surface area contributed by atoms with Crippen molar-refractivity contribution in [2.75, 3.05) is 19.0 Å². The molecule has 2 aromatic carbocycles. The maximum absolute atomic E-state index is 2.32. The van der Waals surface area contributed by atoms with Crippen LogP contribution in [0.2, 0.25) is 0 Å². The maximum atomic E-state index is 2.32. The van der Waals surface area contributed by atoms with Crippen LogP contribution in [0.3, 0.4) is 0 Å². The van der Waals surface area contributed by atoms with E-state index in [1.807, 2.05) is 0 Å². The minimum atomic E-state index is 0.570. The van der Waals surface area contributed by atoms with Crippen molar-refractivity contribution >= 4 is 5.69 Å². The van der Waals surface area contributed by atoms with Gasteiger partial charge in [0.1, 0.15) is 0 Å². The van der Waals surface area contributed by atoms with Crippen LogP contribution < -0.4 is 4.90 Å². The van der Waals surface area contributed by atoms with Crippen molar-refractivity contribution in [2.24, 2.45) is 0 Å². The summed E-state index contributed by atoms with van der Waals surface area (Å²) in [6, 6.07) is 15.5. The number of benzene rings is 2. The first-order valence-corrected chi connectivity index (χ1v) is 6.87. The third-order valence-electron chi connectivity index (χ3n) is 3.62. The second kappa shape index (κ2) is 5.48. The lowest BCUT2D eigenvalue weighted by Crippen LogP contribution is -2.07. The van der Waals surface area contributed by atoms with Crippen molar-refractivity contribution in [1.82, 2.24) is 0 Å². The van der Waals surface area contributed by atoms with Gasteiger partial charge in [-0.3, -0.25) is 0 Å². The van der Waals surface area contributed by atoms with E-state index < -0.39 is 0 Å². The third-order valence-corrected chi connectivity index (χ3v) is 3.62. The number of aryl methyl sites for hydroxylation is 1. The molecule has 0 unspecified atom stereocenters. The summed E-state index contributed by atoms with van der Waals surface area (Å²) >= 11 is 0. The highest BCUT2D eigenvalue weighted by Crippen LogP contribution is 2.27. The lowest BCUT2D eigenvalue weighted by molar-refractivity contribution is 0.857. The molecule has 0 aromatic heterocycles. The van der Waals surface area contributed by atoms with Crippen molar-refractivity contribution in [1.29, 1.82) is 0 Å². The van der Waals surface area contributed by atoms with Crippen LogP contribution in [0, 0.1) is 6.92 Å². The Morgan fingerprint density at radius 3 is 1.95 bits per heavy atom. The van der Waals surface area contributed by atoms with Gasteiger partial charge in [0, 0.05) is 19.8 Å². The average Bonchev–Trinajstić information content (AvgIpc) is 2.39. The van der Waals surface area contributed by atoms with Gasteiger partial charge in [-0.25, -0.2) is 0 Å². The van der Waals surface area contributed by atoms with E-state index in [0.29, 0.717) is 5.92 Å². The Hall–Kier alpha value is -1.76. The Labute approximate surface area is 116 Å². The van der Waals surface area contributed by atoms with Crippen LogP contribution >= 0.6 is 0 Å². The van der Waals surface area contributed by atoms with Crippen LogP contribution in [-0.4, -0.2) is 14.1 Å². The number of hydrogen-bond donors (Lipinski definition) is 0. The van der Waals surface area contributed by atoms with E-state index in [9.17, 15) is 0 Å². The van der Waals surface area contributed by atoms with Crippen molar-refractivity contribution in [3.05, 3.63) is 53.6 Å². The average molecular weight is 253 g/mol. The van der Waals surface area contributed by atoms with E-state index in [2.05, 4.69) is 82.2 Å². The molecule has 1 nitrogen and oxygen atoms in total. The van der Waals surface area contributed by atoms with Gasteiger partial charge in [0.2, 0.25) is 0 Å². The predicted molar refractivity (Wildman–Crippen MR) is 85.0 cm³/mol. The Balaban J connectivity index is 2.39. The molecule has 0 fully saturated rings. The SMILES string of the molecule is Cc1ccc(-c2ccc(N(C)C)cc2)cc1C(C)C. The van der Waals surface area contributed by atoms with Crippen LogP contribution in [-0.2, 0) is 0 Å². The maximum Gasteiger partial charge on any atom is 0.0361 e. The molecule has 1 heteroatoms. The van der Waals surface area contributed by atoms with Gasteiger partial charge >= 0.3 is 0 Å². The van der Waals surface area contributed by atoms with Gasteiger partial charge in [-0.2, -0.15) is 0 Å². The van der Waals surface area contributed by atoms with Crippen molar-refractivity contribution in [2.45, 2.75) is 26.7 Å². The van der Waals surface area contributed by atoms with E-state index in [4.69, 9.17) is 0 Å². The van der Waals surface area contributed by atoms with Gasteiger partial charge < -0.3 is 4.90 Å². The van der Waals surface area contributed by atoms with E-state index in [-0.39, 0.29) is 0 Å². The number of hydrogen-bond acceptors (Lipinski definition) is 1. The quantitative estimate of drug-likeness (QED) is 0.755. The molecule has 0 bridgehead atoms. The minimum absolute atomic E-state index is 0.570. The molecular formula is C18H23N. The van der Waals surface area contributed by atoms with Crippen LogP contribution in [0.4, 0.5) is 5.69 Å². The molecule has 0 aliphatic carbocycles. The van der Waals surface area contributed by atoms with Crippen molar-refractivity contribution in [3.8, 4) is 11.1 Å². The lowest BCUT2D eigenvalue weighted by atomic mass is 9.93. The fourth-order valence-corrected chi connectivity index (χ4v) is 2.39. The molecule has 0 saturated carbocycles. The zero-order chi connectivity index (χ0) is 14.0. The minimum Gasteiger partial charge on any atom is -0.378 e. The smallest absolute Gasteiger partial charge is 0.0361 e. The molecule has 0 heterocycles. The Kier molecular flexibility index (Phi) is 3.94. The first-order valence-electron chi connectivity index (χ1n) is 6.87. The summed E-state index contributed by atoms with van der Waals surface area (Å²) in [6.45, 7) is 6.69. The molecule has 0 radical (unpaired) electrons. The zero-order valence-corrected chi connectivity index (χ0v) is 12.6. The molecule has 0 amide bonds. The summed E-state index contributed by atoms with van der Waals surface area (Å²) in [5.74, 6) is 0.570. The molecule has 100 valence electrons. The summed E-state index contributed by atoms with van der Waals surface area (Å²) in [5.41, 5.74) is 6.64. The summed E-state index contributed by atoms with van der Waals surface area (Å²) < 4.78 is 0. The number of anilines is 1. The highest BCUT2D eigenvalue weighted by Gasteiger charge is 2.06. The summed E-state index contributed by atoms with van der Waals surface area (Å²) in [7, 11) is 4.13. The summed E-state index contributed by atoms with van der Waals surface area (Å²) in [5, 5.41) is 0. The molecule has 0 spiro atoms. The molecule has 0 N–H and O–H groups in total. The Morgan fingerprint density at radius 1 is 0.842 bits per heavy atom. The second-order valence-corrected chi connectivity index (χ2v) is 5.67. The fourth-order valence-electron chi connectivity index (χ4n) is 2.39. The molecule has 2 aromatic rings. The van der Waals surface area contributed by atoms with Crippen LogP contribution in [0.1, 0.15) is 30.9 Å². The van der Waals surface area contributed by atoms with Gasteiger partial charge in [0.15, 0.2) is 0 Å². The second-order valence-electron chi connectivity index (χ2n) is 5.67. The van der Waals surface area contributed by atoms with Crippen LogP contribution in [0.15, 0.2) is 42.5 Å². The molecule has 2 rings (SSSR count). The van der Waals surface area contributed by atoms with Crippen molar-refractivity contribution in [3.63, 3.8) is 0 Å². The first kappa shape index (κ1) is 13.7. The van der Waals surface area contributed by atoms with Crippen LogP contribution in [0.5, 0.6) is 0 Å². The predicted octanol–water partition coefficient (Wildman–Crippen LogP) is 4.85. The van der Waals surface area contributed by atoms with Gasteiger partial charge in [-0.15, -0.1) is 0 Å². The van der Waals surface area contributed by atoms with E-state index in [1.165, 1.54) is 27.9 Å². The molecule has 0 aliphatic rings. The number of rotatable bonds is 3. The standard InChI is InChI=1S/C18H23N/c1-13(2)18-12-16(7-6-14(18)3)15-8-10-17(11-9-15)19(4)5/h6-13H,1-5H3. The van der Waals surface area contributed by atoms with Crippen molar-refractivity contribution < 1.29 is 0 Å². The normalized spacial score (nSPS) is 10.8. The molecule has 0 atom stereocenters. The van der Waals surface area contributed by atoms with E-state index in [0.717, 1.165) is 0 Å². The number of nitrogens with zero attached hydrogens (tertiary/aromatic N) is 1. The highest BCUT2D eigenvalue weighted by atomic mass is 15.1. The van der Waals surface area contributed by atoms with Gasteiger partial charge in [-0.05, 0) is 47.2 Å². The zero-order valence-electron chi connectivity index (χ0n) is 12.6. The van der Waals surface area contributed by atoms with E-state index in [1.54, 1.807) is 0 Å². The summed E-state index contributed by atoms with van der Waals surface area (Å²) in [6.07, 6.45) is 0. The molecule has 0 saturated heterocycles. The molecule has 19 heavy (non-hydrogen) atoms. The first-order chi connectivity index (χ1) is 8.99. The third kappa shape index (κ3) is 2.98. The van der Waals surface area contributed by atoms with Crippen LogP contribution in [0.25, 0.3) is 11.1 Å². The summed E-state index contributed by atoms with van der Waals surface area (Å²) in [4.78, 5) is 2.12. The largest absolute Gasteiger partial charge is 0.378 e. The van der Waals surface area contributed by atoms with Gasteiger partial charge in [0.25, 0.3) is 0 Å². The lowest BCUT2D eigenvalue weighted by Gasteiger charge is -2.14. The van der Waals surface area contributed by atoms with E-state index >= 15 is 0 Å². The Morgan fingerprint density at radius 2 is 1.42 bits per heavy atom. The van der Waals surface area contributed by atoms with Gasteiger partial charge in [0.05, 0.1) is 0 Å². The molecule has 0 aliphatic heterocycles.